The zero-order chi connectivity index (χ0) is 16.6. The minimum atomic E-state index is 0.0438. The van der Waals surface area contributed by atoms with Crippen LogP contribution in [0.5, 0.6) is 0 Å². The van der Waals surface area contributed by atoms with E-state index in [4.69, 9.17) is 11.6 Å². The number of nitrogens with zero attached hydrogens (tertiary/aromatic N) is 2. The molecule has 0 aliphatic carbocycles. The molecule has 1 amide bonds. The third-order valence-corrected chi connectivity index (χ3v) is 4.79. The number of carbonyl (C=O) groups is 1. The second-order valence-corrected chi connectivity index (χ2v) is 6.62. The van der Waals surface area contributed by atoms with Crippen LogP contribution >= 0.6 is 11.6 Å². The average molecular weight is 333 g/mol. The molecule has 1 aromatic carbocycles. The van der Waals surface area contributed by atoms with Crippen molar-refractivity contribution in [3.05, 3.63) is 52.3 Å². The first kappa shape index (κ1) is 16.1. The van der Waals surface area contributed by atoms with E-state index in [2.05, 4.69) is 4.57 Å². The minimum Gasteiger partial charge on any atom is -0.396 e. The Morgan fingerprint density at radius 1 is 1.35 bits per heavy atom. The summed E-state index contributed by atoms with van der Waals surface area (Å²) in [7, 11) is 0. The fourth-order valence-electron chi connectivity index (χ4n) is 3.33. The summed E-state index contributed by atoms with van der Waals surface area (Å²) < 4.78 is 2.05. The van der Waals surface area contributed by atoms with Gasteiger partial charge in [-0.25, -0.2) is 0 Å². The molecule has 1 fully saturated rings. The van der Waals surface area contributed by atoms with Crippen LogP contribution in [0.4, 0.5) is 0 Å². The van der Waals surface area contributed by atoms with Gasteiger partial charge in [-0.2, -0.15) is 0 Å². The van der Waals surface area contributed by atoms with Gasteiger partial charge in [-0.05, 0) is 44.5 Å². The van der Waals surface area contributed by atoms with Crippen molar-refractivity contribution >= 4 is 17.5 Å². The molecule has 2 heterocycles. The first-order valence-corrected chi connectivity index (χ1v) is 8.24. The van der Waals surface area contributed by atoms with Gasteiger partial charge in [0.1, 0.15) is 0 Å². The number of hydrogen-bond acceptors (Lipinski definition) is 2. The zero-order valence-electron chi connectivity index (χ0n) is 13.4. The van der Waals surface area contributed by atoms with Crippen molar-refractivity contribution in [3.63, 3.8) is 0 Å². The molecule has 122 valence electrons. The van der Waals surface area contributed by atoms with E-state index in [-0.39, 0.29) is 18.4 Å². The fourth-order valence-corrected chi connectivity index (χ4v) is 3.51. The number of aryl methyl sites for hydroxylation is 1. The molecular weight excluding hydrogens is 312 g/mol. The van der Waals surface area contributed by atoms with Crippen LogP contribution in [0.25, 0.3) is 5.69 Å². The lowest BCUT2D eigenvalue weighted by atomic mass is 10.1. The predicted octanol–water partition coefficient (Wildman–Crippen LogP) is 3.20. The van der Waals surface area contributed by atoms with Crippen LogP contribution in [0.15, 0.2) is 30.3 Å². The quantitative estimate of drug-likeness (QED) is 0.938. The third-order valence-electron chi connectivity index (χ3n) is 4.56. The second kappa shape index (κ2) is 6.38. The molecule has 4 nitrogen and oxygen atoms in total. The second-order valence-electron chi connectivity index (χ2n) is 6.19. The smallest absolute Gasteiger partial charge is 0.255 e. The summed E-state index contributed by atoms with van der Waals surface area (Å²) in [6.07, 6.45) is 0.870. The van der Waals surface area contributed by atoms with E-state index in [0.29, 0.717) is 18.1 Å². The van der Waals surface area contributed by atoms with Gasteiger partial charge >= 0.3 is 0 Å². The average Bonchev–Trinajstić information content (AvgIpc) is 3.11. The number of amides is 1. The molecule has 1 N–H and O–H groups in total. The Kier molecular flexibility index (Phi) is 4.46. The van der Waals surface area contributed by atoms with Crippen LogP contribution in [0, 0.1) is 19.8 Å². The van der Waals surface area contributed by atoms with Crippen LogP contribution < -0.4 is 0 Å². The van der Waals surface area contributed by atoms with Crippen molar-refractivity contribution in [1.29, 1.82) is 0 Å². The number of likely N-dealkylation sites (tertiary alicyclic amines) is 1. The highest BCUT2D eigenvalue weighted by Gasteiger charge is 2.28. The van der Waals surface area contributed by atoms with Gasteiger partial charge in [-0.15, -0.1) is 0 Å². The number of aliphatic hydroxyl groups excluding tert-OH is 1. The number of benzene rings is 1. The van der Waals surface area contributed by atoms with Crippen molar-refractivity contribution in [2.24, 2.45) is 5.92 Å². The summed E-state index contributed by atoms with van der Waals surface area (Å²) in [5.41, 5.74) is 3.61. The maximum absolute atomic E-state index is 12.8. The zero-order valence-corrected chi connectivity index (χ0v) is 14.2. The molecular formula is C18H21ClN2O2. The summed E-state index contributed by atoms with van der Waals surface area (Å²) in [6, 6.07) is 9.56. The van der Waals surface area contributed by atoms with Gasteiger partial charge < -0.3 is 14.6 Å². The predicted molar refractivity (Wildman–Crippen MR) is 91.3 cm³/mol. The first-order valence-electron chi connectivity index (χ1n) is 7.86. The number of halogens is 1. The molecule has 23 heavy (non-hydrogen) atoms. The van der Waals surface area contributed by atoms with E-state index < -0.39 is 0 Å². The standard InChI is InChI=1S/C18H21ClN2O2/c1-12-8-17(18(23)20-7-6-14(10-20)11-22)13(2)21(12)16-5-3-4-15(19)9-16/h3-5,8-9,14,22H,6-7,10-11H2,1-2H3. The lowest BCUT2D eigenvalue weighted by molar-refractivity contribution is 0.0781. The van der Waals surface area contributed by atoms with Crippen LogP contribution in [-0.2, 0) is 0 Å². The number of hydrogen-bond donors (Lipinski definition) is 1. The number of aromatic nitrogens is 1. The largest absolute Gasteiger partial charge is 0.396 e. The number of carbonyl (C=O) groups excluding carboxylic acids is 1. The maximum Gasteiger partial charge on any atom is 0.255 e. The SMILES string of the molecule is Cc1cc(C(=O)N2CCC(CO)C2)c(C)n1-c1cccc(Cl)c1. The van der Waals surface area contributed by atoms with Gasteiger partial charge in [0.15, 0.2) is 0 Å². The Labute approximate surface area is 141 Å². The molecule has 0 saturated carbocycles. The lowest BCUT2D eigenvalue weighted by Gasteiger charge is -2.16. The van der Waals surface area contributed by atoms with Gasteiger partial charge in [0.05, 0.1) is 5.56 Å². The van der Waals surface area contributed by atoms with Gasteiger partial charge in [0, 0.05) is 47.7 Å². The molecule has 1 aliphatic heterocycles. The summed E-state index contributed by atoms with van der Waals surface area (Å²) in [5, 5.41) is 9.93. The molecule has 1 saturated heterocycles. The summed E-state index contributed by atoms with van der Waals surface area (Å²) in [5.74, 6) is 0.248. The van der Waals surface area contributed by atoms with Gasteiger partial charge in [0.25, 0.3) is 5.91 Å². The highest BCUT2D eigenvalue weighted by atomic mass is 35.5. The van der Waals surface area contributed by atoms with Crippen molar-refractivity contribution in [3.8, 4) is 5.69 Å². The summed E-state index contributed by atoms with van der Waals surface area (Å²) in [4.78, 5) is 14.6. The third kappa shape index (κ3) is 3.01. The maximum atomic E-state index is 12.8. The molecule has 2 aromatic rings. The van der Waals surface area contributed by atoms with Crippen molar-refractivity contribution in [2.45, 2.75) is 20.3 Å². The van der Waals surface area contributed by atoms with Crippen LogP contribution in [0.1, 0.15) is 28.2 Å². The van der Waals surface area contributed by atoms with Crippen LogP contribution in [0.2, 0.25) is 5.02 Å². The van der Waals surface area contributed by atoms with Crippen LogP contribution in [0.3, 0.4) is 0 Å². The molecule has 0 radical (unpaired) electrons. The summed E-state index contributed by atoms with van der Waals surface area (Å²) in [6.45, 7) is 5.44. The van der Waals surface area contributed by atoms with E-state index in [9.17, 15) is 9.90 Å². The number of aliphatic hydroxyl groups is 1. The van der Waals surface area contributed by atoms with E-state index in [1.165, 1.54) is 0 Å². The Bertz CT molecular complexity index is 739. The van der Waals surface area contributed by atoms with Crippen molar-refractivity contribution in [2.75, 3.05) is 19.7 Å². The summed E-state index contributed by atoms with van der Waals surface area (Å²) >= 11 is 6.09. The van der Waals surface area contributed by atoms with Gasteiger partial charge in [-0.1, -0.05) is 17.7 Å². The molecule has 1 atom stereocenters. The monoisotopic (exact) mass is 332 g/mol. The fraction of sp³-hybridized carbons (Fsp3) is 0.389. The van der Waals surface area contributed by atoms with Crippen molar-refractivity contribution < 1.29 is 9.90 Å². The van der Waals surface area contributed by atoms with Gasteiger partial charge in [-0.3, -0.25) is 4.79 Å². The van der Waals surface area contributed by atoms with E-state index >= 15 is 0 Å². The van der Waals surface area contributed by atoms with Crippen molar-refractivity contribution in [1.82, 2.24) is 9.47 Å². The Hall–Kier alpha value is -1.78. The topological polar surface area (TPSA) is 45.5 Å². The van der Waals surface area contributed by atoms with Gasteiger partial charge in [0.2, 0.25) is 0 Å². The van der Waals surface area contributed by atoms with E-state index in [1.54, 1.807) is 0 Å². The molecule has 1 unspecified atom stereocenters. The molecule has 0 spiro atoms. The molecule has 1 aromatic heterocycles. The Morgan fingerprint density at radius 2 is 2.13 bits per heavy atom. The van der Waals surface area contributed by atoms with E-state index in [0.717, 1.165) is 29.1 Å². The molecule has 5 heteroatoms. The first-order chi connectivity index (χ1) is 11.0. The Morgan fingerprint density at radius 3 is 2.78 bits per heavy atom. The lowest BCUT2D eigenvalue weighted by Crippen LogP contribution is -2.29. The van der Waals surface area contributed by atoms with E-state index in [1.807, 2.05) is 49.1 Å². The minimum absolute atomic E-state index is 0.0438. The van der Waals surface area contributed by atoms with Crippen LogP contribution in [-0.4, -0.2) is 40.2 Å². The number of rotatable bonds is 3. The highest BCUT2D eigenvalue weighted by molar-refractivity contribution is 6.30. The molecule has 3 rings (SSSR count). The molecule has 1 aliphatic rings. The molecule has 0 bridgehead atoms. The normalized spacial score (nSPS) is 17.7. The highest BCUT2D eigenvalue weighted by Crippen LogP contribution is 2.25. The Balaban J connectivity index is 1.93.